The summed E-state index contributed by atoms with van der Waals surface area (Å²) in [6.45, 7) is 3.94. The third-order valence-electron chi connectivity index (χ3n) is 4.30. The molecule has 1 aromatic heterocycles. The van der Waals surface area contributed by atoms with Gasteiger partial charge in [-0.05, 0) is 25.5 Å². The number of ether oxygens (including phenoxy) is 1. The maximum absolute atomic E-state index is 12.2. The standard InChI is InChI=1S/C21H23N3O3S/c1-14-8-4-5-9-16(14)21-23-20(27-24-21)13-28-12-19(25)22-15(2)17-10-6-7-11-18(17)26-3/h4-11,15H,12-13H2,1-3H3,(H,22,25). The predicted octanol–water partition coefficient (Wildman–Crippen LogP) is 4.16. The lowest BCUT2D eigenvalue weighted by Gasteiger charge is -2.17. The Hall–Kier alpha value is -2.80. The van der Waals surface area contributed by atoms with Gasteiger partial charge in [0.1, 0.15) is 5.75 Å². The largest absolute Gasteiger partial charge is 0.496 e. The second-order valence-corrected chi connectivity index (χ2v) is 7.34. The van der Waals surface area contributed by atoms with Gasteiger partial charge in [0.15, 0.2) is 0 Å². The van der Waals surface area contributed by atoms with Crippen molar-refractivity contribution >= 4 is 17.7 Å². The van der Waals surface area contributed by atoms with Gasteiger partial charge in [0, 0.05) is 11.1 Å². The average molecular weight is 398 g/mol. The van der Waals surface area contributed by atoms with Crippen LogP contribution in [0.5, 0.6) is 5.75 Å². The number of amides is 1. The van der Waals surface area contributed by atoms with Crippen LogP contribution in [-0.2, 0) is 10.5 Å². The molecule has 0 fully saturated rings. The summed E-state index contributed by atoms with van der Waals surface area (Å²) in [7, 11) is 1.62. The van der Waals surface area contributed by atoms with Crippen LogP contribution in [0, 0.1) is 6.92 Å². The van der Waals surface area contributed by atoms with Crippen molar-refractivity contribution in [3.8, 4) is 17.1 Å². The Morgan fingerprint density at radius 3 is 2.75 bits per heavy atom. The highest BCUT2D eigenvalue weighted by Gasteiger charge is 2.15. The normalized spacial score (nSPS) is 11.8. The van der Waals surface area contributed by atoms with E-state index in [9.17, 15) is 4.79 Å². The molecule has 1 atom stereocenters. The first-order valence-electron chi connectivity index (χ1n) is 8.97. The zero-order valence-corrected chi connectivity index (χ0v) is 17.0. The summed E-state index contributed by atoms with van der Waals surface area (Å²) >= 11 is 1.43. The fourth-order valence-electron chi connectivity index (χ4n) is 2.86. The molecule has 7 heteroatoms. The quantitative estimate of drug-likeness (QED) is 0.615. The number of hydrogen-bond donors (Lipinski definition) is 1. The molecular weight excluding hydrogens is 374 g/mol. The molecule has 0 saturated heterocycles. The molecule has 3 rings (SSSR count). The van der Waals surface area contributed by atoms with Crippen molar-refractivity contribution in [3.05, 3.63) is 65.5 Å². The van der Waals surface area contributed by atoms with Crippen LogP contribution in [0.25, 0.3) is 11.4 Å². The summed E-state index contributed by atoms with van der Waals surface area (Å²) in [4.78, 5) is 16.7. The van der Waals surface area contributed by atoms with E-state index in [1.807, 2.05) is 62.4 Å². The molecule has 28 heavy (non-hydrogen) atoms. The van der Waals surface area contributed by atoms with Crippen molar-refractivity contribution in [2.75, 3.05) is 12.9 Å². The Labute approximate surface area is 168 Å². The first-order chi connectivity index (χ1) is 13.6. The third kappa shape index (κ3) is 4.92. The minimum atomic E-state index is -0.139. The number of carbonyl (C=O) groups excluding carboxylic acids is 1. The molecule has 1 N–H and O–H groups in total. The van der Waals surface area contributed by atoms with E-state index in [-0.39, 0.29) is 11.9 Å². The topological polar surface area (TPSA) is 77.2 Å². The third-order valence-corrected chi connectivity index (χ3v) is 5.21. The Morgan fingerprint density at radius 1 is 1.21 bits per heavy atom. The van der Waals surface area contributed by atoms with E-state index in [0.29, 0.717) is 23.2 Å². The molecule has 0 radical (unpaired) electrons. The van der Waals surface area contributed by atoms with Gasteiger partial charge < -0.3 is 14.6 Å². The number of nitrogens with zero attached hydrogens (tertiary/aromatic N) is 2. The summed E-state index contributed by atoms with van der Waals surface area (Å²) < 4.78 is 10.7. The van der Waals surface area contributed by atoms with E-state index in [2.05, 4.69) is 15.5 Å². The van der Waals surface area contributed by atoms with Crippen molar-refractivity contribution in [1.82, 2.24) is 15.5 Å². The number of benzene rings is 2. The van der Waals surface area contributed by atoms with Crippen LogP contribution < -0.4 is 10.1 Å². The molecule has 2 aromatic carbocycles. The van der Waals surface area contributed by atoms with Crippen molar-refractivity contribution < 1.29 is 14.1 Å². The smallest absolute Gasteiger partial charge is 0.236 e. The minimum Gasteiger partial charge on any atom is -0.496 e. The van der Waals surface area contributed by atoms with Gasteiger partial charge in [0.25, 0.3) is 0 Å². The number of nitrogens with one attached hydrogen (secondary N) is 1. The van der Waals surface area contributed by atoms with E-state index >= 15 is 0 Å². The molecule has 146 valence electrons. The van der Waals surface area contributed by atoms with Crippen LogP contribution in [0.15, 0.2) is 53.1 Å². The van der Waals surface area contributed by atoms with Crippen LogP contribution in [0.4, 0.5) is 0 Å². The van der Waals surface area contributed by atoms with E-state index in [4.69, 9.17) is 9.26 Å². The second kappa shape index (κ2) is 9.41. The predicted molar refractivity (Wildman–Crippen MR) is 110 cm³/mol. The lowest BCUT2D eigenvalue weighted by molar-refractivity contribution is -0.119. The summed E-state index contributed by atoms with van der Waals surface area (Å²) in [5.74, 6) is 2.58. The monoisotopic (exact) mass is 397 g/mol. The van der Waals surface area contributed by atoms with Gasteiger partial charge in [-0.15, -0.1) is 11.8 Å². The molecule has 1 heterocycles. The average Bonchev–Trinajstić information content (AvgIpc) is 3.16. The number of carbonyl (C=O) groups is 1. The molecule has 0 spiro atoms. The molecule has 0 saturated carbocycles. The van der Waals surface area contributed by atoms with Gasteiger partial charge in [-0.3, -0.25) is 4.79 Å². The highest BCUT2D eigenvalue weighted by molar-refractivity contribution is 7.99. The number of methoxy groups -OCH3 is 1. The molecule has 1 amide bonds. The number of rotatable bonds is 8. The highest BCUT2D eigenvalue weighted by atomic mass is 32.2. The molecule has 0 aliphatic carbocycles. The molecule has 6 nitrogen and oxygen atoms in total. The van der Waals surface area contributed by atoms with Gasteiger partial charge >= 0.3 is 0 Å². The first-order valence-corrected chi connectivity index (χ1v) is 10.1. The summed E-state index contributed by atoms with van der Waals surface area (Å²) in [5, 5.41) is 7.03. The maximum atomic E-state index is 12.2. The summed E-state index contributed by atoms with van der Waals surface area (Å²) in [6.07, 6.45) is 0. The Morgan fingerprint density at radius 2 is 1.96 bits per heavy atom. The Kier molecular flexibility index (Phi) is 6.71. The minimum absolute atomic E-state index is 0.0537. The van der Waals surface area contributed by atoms with Crippen LogP contribution >= 0.6 is 11.8 Å². The zero-order valence-electron chi connectivity index (χ0n) is 16.1. The number of hydrogen-bond acceptors (Lipinski definition) is 6. The van der Waals surface area contributed by atoms with Gasteiger partial charge in [-0.2, -0.15) is 4.98 Å². The molecule has 0 bridgehead atoms. The molecule has 3 aromatic rings. The number of aromatic nitrogens is 2. The maximum Gasteiger partial charge on any atom is 0.236 e. The number of para-hydroxylation sites is 1. The molecule has 0 aliphatic heterocycles. The fourth-order valence-corrected chi connectivity index (χ4v) is 3.53. The van der Waals surface area contributed by atoms with E-state index < -0.39 is 0 Å². The Balaban J connectivity index is 1.50. The van der Waals surface area contributed by atoms with Gasteiger partial charge in [-0.1, -0.05) is 47.6 Å². The van der Waals surface area contributed by atoms with E-state index in [0.717, 1.165) is 22.4 Å². The van der Waals surface area contributed by atoms with Crippen LogP contribution in [0.1, 0.15) is 30.0 Å². The first kappa shape index (κ1) is 19.9. The molecular formula is C21H23N3O3S. The Bertz CT molecular complexity index is 942. The molecule has 0 aliphatic rings. The van der Waals surface area contributed by atoms with Crippen molar-refractivity contribution in [1.29, 1.82) is 0 Å². The van der Waals surface area contributed by atoms with Crippen LogP contribution in [0.2, 0.25) is 0 Å². The van der Waals surface area contributed by atoms with Gasteiger partial charge in [-0.25, -0.2) is 0 Å². The number of thioether (sulfide) groups is 1. The molecule has 1 unspecified atom stereocenters. The van der Waals surface area contributed by atoms with Crippen LogP contribution in [0.3, 0.4) is 0 Å². The lowest BCUT2D eigenvalue weighted by atomic mass is 10.1. The van der Waals surface area contributed by atoms with Crippen LogP contribution in [-0.4, -0.2) is 28.9 Å². The summed E-state index contributed by atoms with van der Waals surface area (Å²) in [5.41, 5.74) is 2.99. The highest BCUT2D eigenvalue weighted by Crippen LogP contribution is 2.25. The SMILES string of the molecule is COc1ccccc1C(C)NC(=O)CSCc1nc(-c2ccccc2C)no1. The van der Waals surface area contributed by atoms with Gasteiger partial charge in [0.2, 0.25) is 17.6 Å². The van der Waals surface area contributed by atoms with Gasteiger partial charge in [0.05, 0.1) is 24.7 Å². The zero-order chi connectivity index (χ0) is 19.9. The van der Waals surface area contributed by atoms with E-state index in [1.165, 1.54) is 11.8 Å². The number of aryl methyl sites for hydroxylation is 1. The second-order valence-electron chi connectivity index (χ2n) is 6.35. The summed E-state index contributed by atoms with van der Waals surface area (Å²) in [6, 6.07) is 15.4. The van der Waals surface area contributed by atoms with Crippen molar-refractivity contribution in [2.24, 2.45) is 0 Å². The van der Waals surface area contributed by atoms with Crippen molar-refractivity contribution in [3.63, 3.8) is 0 Å². The fraction of sp³-hybridized carbons (Fsp3) is 0.286. The lowest BCUT2D eigenvalue weighted by Crippen LogP contribution is -2.28. The van der Waals surface area contributed by atoms with Crippen molar-refractivity contribution in [2.45, 2.75) is 25.6 Å². The van der Waals surface area contributed by atoms with E-state index in [1.54, 1.807) is 7.11 Å².